The van der Waals surface area contributed by atoms with Crippen LogP contribution < -0.4 is 0 Å². The summed E-state index contributed by atoms with van der Waals surface area (Å²) in [6.45, 7) is 1.40. The minimum Gasteiger partial charge on any atom is -0.383 e. The van der Waals surface area contributed by atoms with Gasteiger partial charge in [0.2, 0.25) is 0 Å². The molecule has 0 unspecified atom stereocenters. The lowest BCUT2D eigenvalue weighted by atomic mass is 10.1. The molecule has 0 spiro atoms. The highest BCUT2D eigenvalue weighted by Crippen LogP contribution is 2.10. The lowest BCUT2D eigenvalue weighted by molar-refractivity contribution is 0.185. The number of aryl methyl sites for hydroxylation is 2. The van der Waals surface area contributed by atoms with E-state index in [0.29, 0.717) is 12.5 Å². The number of halogens is 1. The zero-order valence-electron chi connectivity index (χ0n) is 11.8. The minimum atomic E-state index is 0.384. The van der Waals surface area contributed by atoms with E-state index in [1.165, 1.54) is 5.56 Å². The summed E-state index contributed by atoms with van der Waals surface area (Å²) in [5.74, 6) is 2.20. The fourth-order valence-electron chi connectivity index (χ4n) is 2.19. The Labute approximate surface area is 124 Å². The quantitative estimate of drug-likeness (QED) is 0.703. The Hall–Kier alpha value is -1.39. The van der Waals surface area contributed by atoms with Crippen LogP contribution in [0.25, 0.3) is 0 Å². The fraction of sp³-hybridized carbons (Fsp3) is 0.467. The van der Waals surface area contributed by atoms with Gasteiger partial charge in [0.1, 0.15) is 11.6 Å². The molecule has 2 rings (SSSR count). The normalized spacial score (nSPS) is 10.9. The summed E-state index contributed by atoms with van der Waals surface area (Å²) in [4.78, 5) is 0. The molecule has 1 aromatic carbocycles. The lowest BCUT2D eigenvalue weighted by Gasteiger charge is -2.08. The standard InChI is InChI=1S/C15H20ClN3O/c1-20-11-10-19-14(17-18-15(19)12-16)9-5-8-13-6-3-2-4-7-13/h2-4,6-7H,5,8-12H2,1H3. The molecule has 0 saturated carbocycles. The molecule has 20 heavy (non-hydrogen) atoms. The van der Waals surface area contributed by atoms with Crippen LogP contribution in [0.2, 0.25) is 0 Å². The van der Waals surface area contributed by atoms with Crippen molar-refractivity contribution >= 4 is 11.6 Å². The van der Waals surface area contributed by atoms with Gasteiger partial charge in [-0.2, -0.15) is 0 Å². The summed E-state index contributed by atoms with van der Waals surface area (Å²) in [6, 6.07) is 10.5. The van der Waals surface area contributed by atoms with Gasteiger partial charge < -0.3 is 9.30 Å². The van der Waals surface area contributed by atoms with E-state index in [4.69, 9.17) is 16.3 Å². The molecule has 0 N–H and O–H groups in total. The van der Waals surface area contributed by atoms with Gasteiger partial charge in [-0.15, -0.1) is 21.8 Å². The van der Waals surface area contributed by atoms with Gasteiger partial charge in [-0.05, 0) is 18.4 Å². The molecule has 1 aromatic heterocycles. The topological polar surface area (TPSA) is 39.9 Å². The first-order chi connectivity index (χ1) is 9.85. The van der Waals surface area contributed by atoms with Crippen molar-refractivity contribution in [1.82, 2.24) is 14.8 Å². The van der Waals surface area contributed by atoms with Crippen LogP contribution in [0.5, 0.6) is 0 Å². The highest BCUT2D eigenvalue weighted by Gasteiger charge is 2.10. The molecule has 0 radical (unpaired) electrons. The maximum absolute atomic E-state index is 5.89. The molecule has 5 heteroatoms. The largest absolute Gasteiger partial charge is 0.383 e. The van der Waals surface area contributed by atoms with Gasteiger partial charge in [-0.25, -0.2) is 0 Å². The van der Waals surface area contributed by atoms with Crippen molar-refractivity contribution in [3.8, 4) is 0 Å². The molecule has 0 fully saturated rings. The number of benzene rings is 1. The predicted octanol–water partition coefficient (Wildman–Crippen LogP) is 2.84. The van der Waals surface area contributed by atoms with Gasteiger partial charge in [0.25, 0.3) is 0 Å². The monoisotopic (exact) mass is 293 g/mol. The molecule has 4 nitrogen and oxygen atoms in total. The van der Waals surface area contributed by atoms with Gasteiger partial charge in [0.05, 0.1) is 12.5 Å². The number of methoxy groups -OCH3 is 1. The summed E-state index contributed by atoms with van der Waals surface area (Å²) in [5, 5.41) is 8.38. The number of ether oxygens (including phenoxy) is 1. The van der Waals surface area contributed by atoms with Crippen LogP contribution in [0.3, 0.4) is 0 Å². The van der Waals surface area contributed by atoms with Crippen molar-refractivity contribution in [1.29, 1.82) is 0 Å². The molecular formula is C15H20ClN3O. The number of nitrogens with zero attached hydrogens (tertiary/aromatic N) is 3. The molecule has 0 atom stereocenters. The predicted molar refractivity (Wildman–Crippen MR) is 79.9 cm³/mol. The van der Waals surface area contributed by atoms with E-state index >= 15 is 0 Å². The first kappa shape index (κ1) is 15.0. The number of hydrogen-bond donors (Lipinski definition) is 0. The lowest BCUT2D eigenvalue weighted by Crippen LogP contribution is -2.11. The van der Waals surface area contributed by atoms with E-state index in [1.807, 2.05) is 6.07 Å². The number of alkyl halides is 1. The van der Waals surface area contributed by atoms with Crippen molar-refractivity contribution in [3.63, 3.8) is 0 Å². The second-order valence-electron chi connectivity index (χ2n) is 4.65. The summed E-state index contributed by atoms with van der Waals surface area (Å²) in [5.41, 5.74) is 1.35. The van der Waals surface area contributed by atoms with Gasteiger partial charge >= 0.3 is 0 Å². The Morgan fingerprint density at radius 1 is 1.10 bits per heavy atom. The van der Waals surface area contributed by atoms with Crippen molar-refractivity contribution in [2.24, 2.45) is 0 Å². The van der Waals surface area contributed by atoms with E-state index < -0.39 is 0 Å². The van der Waals surface area contributed by atoms with Gasteiger partial charge in [-0.1, -0.05) is 30.3 Å². The van der Waals surface area contributed by atoms with Gasteiger partial charge in [0, 0.05) is 20.1 Å². The van der Waals surface area contributed by atoms with Crippen LogP contribution in [0.4, 0.5) is 0 Å². The maximum Gasteiger partial charge on any atom is 0.148 e. The average molecular weight is 294 g/mol. The first-order valence-electron chi connectivity index (χ1n) is 6.85. The Morgan fingerprint density at radius 3 is 2.55 bits per heavy atom. The van der Waals surface area contributed by atoms with E-state index in [1.54, 1.807) is 7.11 Å². The Balaban J connectivity index is 1.93. The third kappa shape index (κ3) is 4.05. The third-order valence-corrected chi connectivity index (χ3v) is 3.49. The van der Waals surface area contributed by atoms with Crippen LogP contribution in [0, 0.1) is 0 Å². The van der Waals surface area contributed by atoms with Crippen molar-refractivity contribution < 1.29 is 4.74 Å². The van der Waals surface area contributed by atoms with Crippen LogP contribution >= 0.6 is 11.6 Å². The molecule has 108 valence electrons. The zero-order valence-corrected chi connectivity index (χ0v) is 12.5. The minimum absolute atomic E-state index is 0.384. The molecule has 2 aromatic rings. The van der Waals surface area contributed by atoms with Gasteiger partial charge in [-0.3, -0.25) is 0 Å². The van der Waals surface area contributed by atoms with Crippen LogP contribution in [0.15, 0.2) is 30.3 Å². The molecular weight excluding hydrogens is 274 g/mol. The fourth-order valence-corrected chi connectivity index (χ4v) is 2.39. The smallest absolute Gasteiger partial charge is 0.148 e. The Morgan fingerprint density at radius 2 is 1.85 bits per heavy atom. The molecule has 0 aliphatic rings. The third-order valence-electron chi connectivity index (χ3n) is 3.25. The van der Waals surface area contributed by atoms with E-state index in [2.05, 4.69) is 39.0 Å². The summed E-state index contributed by atoms with van der Waals surface area (Å²) >= 11 is 5.89. The van der Waals surface area contributed by atoms with Crippen molar-refractivity contribution in [2.45, 2.75) is 31.7 Å². The summed E-state index contributed by atoms with van der Waals surface area (Å²) in [6.07, 6.45) is 3.01. The van der Waals surface area contributed by atoms with E-state index in [0.717, 1.165) is 37.5 Å². The van der Waals surface area contributed by atoms with Gasteiger partial charge in [0.15, 0.2) is 0 Å². The second kappa shape index (κ2) is 8.02. The molecule has 0 bridgehead atoms. The SMILES string of the molecule is COCCn1c(CCl)nnc1CCCc1ccccc1. The number of hydrogen-bond acceptors (Lipinski definition) is 3. The summed E-state index contributed by atoms with van der Waals surface area (Å²) < 4.78 is 7.19. The number of aromatic nitrogens is 3. The molecule has 0 aliphatic heterocycles. The maximum atomic E-state index is 5.89. The average Bonchev–Trinajstić information content (AvgIpc) is 2.88. The molecule has 0 aliphatic carbocycles. The van der Waals surface area contributed by atoms with Crippen molar-refractivity contribution in [2.75, 3.05) is 13.7 Å². The highest BCUT2D eigenvalue weighted by molar-refractivity contribution is 6.16. The molecule has 1 heterocycles. The van der Waals surface area contributed by atoms with Crippen LogP contribution in [-0.4, -0.2) is 28.5 Å². The zero-order chi connectivity index (χ0) is 14.2. The summed E-state index contributed by atoms with van der Waals surface area (Å²) in [7, 11) is 1.69. The van der Waals surface area contributed by atoms with E-state index in [9.17, 15) is 0 Å². The Kier molecular flexibility index (Phi) is 6.02. The van der Waals surface area contributed by atoms with Crippen LogP contribution in [0.1, 0.15) is 23.6 Å². The van der Waals surface area contributed by atoms with Crippen molar-refractivity contribution in [3.05, 3.63) is 47.5 Å². The first-order valence-corrected chi connectivity index (χ1v) is 7.38. The Bertz CT molecular complexity index is 513. The number of rotatable bonds is 8. The van der Waals surface area contributed by atoms with Crippen LogP contribution in [-0.2, 0) is 30.0 Å². The van der Waals surface area contributed by atoms with E-state index in [-0.39, 0.29) is 0 Å². The highest BCUT2D eigenvalue weighted by atomic mass is 35.5. The second-order valence-corrected chi connectivity index (χ2v) is 4.92. The molecule has 0 saturated heterocycles. The molecule has 0 amide bonds.